The molecule has 1 amide bonds. The van der Waals surface area contributed by atoms with Gasteiger partial charge in [-0.2, -0.15) is 9.29 Å². The van der Waals surface area contributed by atoms with Crippen molar-refractivity contribution in [3.8, 4) is 0 Å². The molecular formula is C21H22FN5O4S. The first-order chi connectivity index (χ1) is 15.3. The number of aromatic nitrogens is 2. The Kier molecular flexibility index (Phi) is 6.19. The number of hydrogen-bond acceptors (Lipinski definition) is 7. The smallest absolute Gasteiger partial charge is 0.324 e. The van der Waals surface area contributed by atoms with E-state index in [-0.39, 0.29) is 29.7 Å². The highest BCUT2D eigenvalue weighted by Gasteiger charge is 2.30. The zero-order valence-corrected chi connectivity index (χ0v) is 18.2. The van der Waals surface area contributed by atoms with Crippen LogP contribution in [0.2, 0.25) is 0 Å². The number of sulfonamides is 1. The molecule has 1 aromatic heterocycles. The molecule has 0 bridgehead atoms. The minimum absolute atomic E-state index is 0.162. The van der Waals surface area contributed by atoms with Gasteiger partial charge in [0.25, 0.3) is 0 Å². The van der Waals surface area contributed by atoms with E-state index in [0.717, 1.165) is 5.56 Å². The number of benzene rings is 2. The second-order valence-corrected chi connectivity index (χ2v) is 9.33. The number of carbonyl (C=O) groups excluding carboxylic acids is 1. The third kappa shape index (κ3) is 4.94. The lowest BCUT2D eigenvalue weighted by molar-refractivity contribution is -0.114. The number of rotatable bonds is 6. The molecule has 1 aliphatic heterocycles. The van der Waals surface area contributed by atoms with Crippen LogP contribution in [-0.4, -0.2) is 54.9 Å². The molecule has 168 valence electrons. The van der Waals surface area contributed by atoms with Gasteiger partial charge in [-0.25, -0.2) is 12.8 Å². The highest BCUT2D eigenvalue weighted by molar-refractivity contribution is 7.89. The molecule has 32 heavy (non-hydrogen) atoms. The summed E-state index contributed by atoms with van der Waals surface area (Å²) in [6.45, 7) is 2.70. The second kappa shape index (κ2) is 9.05. The summed E-state index contributed by atoms with van der Waals surface area (Å²) >= 11 is 0. The molecule has 9 nitrogen and oxygen atoms in total. The van der Waals surface area contributed by atoms with Crippen LogP contribution in [-0.2, 0) is 21.2 Å². The number of piperazine rings is 1. The van der Waals surface area contributed by atoms with Crippen LogP contribution in [0.25, 0.3) is 0 Å². The van der Waals surface area contributed by atoms with Gasteiger partial charge in [-0.3, -0.25) is 4.79 Å². The van der Waals surface area contributed by atoms with E-state index in [0.29, 0.717) is 37.0 Å². The summed E-state index contributed by atoms with van der Waals surface area (Å²) in [7, 11) is -3.66. The van der Waals surface area contributed by atoms with Crippen molar-refractivity contribution in [1.29, 1.82) is 0 Å². The van der Waals surface area contributed by atoms with Crippen LogP contribution in [0.15, 0.2) is 57.9 Å². The van der Waals surface area contributed by atoms with Gasteiger partial charge in [0.1, 0.15) is 5.82 Å². The van der Waals surface area contributed by atoms with Crippen molar-refractivity contribution in [2.45, 2.75) is 18.2 Å². The average Bonchev–Trinajstić information content (AvgIpc) is 3.22. The fraction of sp³-hybridized carbons (Fsp3) is 0.286. The van der Waals surface area contributed by atoms with Gasteiger partial charge in [-0.05, 0) is 42.0 Å². The minimum atomic E-state index is -3.66. The van der Waals surface area contributed by atoms with Crippen molar-refractivity contribution in [2.75, 3.05) is 36.4 Å². The summed E-state index contributed by atoms with van der Waals surface area (Å²) in [4.78, 5) is 17.5. The molecule has 0 spiro atoms. The quantitative estimate of drug-likeness (QED) is 0.602. The predicted octanol–water partition coefficient (Wildman–Crippen LogP) is 2.27. The molecule has 0 atom stereocenters. The Morgan fingerprint density at radius 2 is 1.84 bits per heavy atom. The summed E-state index contributed by atoms with van der Waals surface area (Å²) < 4.78 is 46.0. The Morgan fingerprint density at radius 1 is 1.12 bits per heavy atom. The van der Waals surface area contributed by atoms with E-state index >= 15 is 0 Å². The Hall–Kier alpha value is -3.31. The number of nitrogens with zero attached hydrogens (tertiary/aromatic N) is 4. The summed E-state index contributed by atoms with van der Waals surface area (Å²) in [6, 6.07) is 12.6. The van der Waals surface area contributed by atoms with Crippen molar-refractivity contribution in [2.24, 2.45) is 0 Å². The highest BCUT2D eigenvalue weighted by Crippen LogP contribution is 2.22. The van der Waals surface area contributed by atoms with Gasteiger partial charge in [0.05, 0.1) is 4.90 Å². The molecular weight excluding hydrogens is 437 g/mol. The van der Waals surface area contributed by atoms with E-state index in [1.165, 1.54) is 35.5 Å². The van der Waals surface area contributed by atoms with Gasteiger partial charge in [-0.1, -0.05) is 17.3 Å². The summed E-state index contributed by atoms with van der Waals surface area (Å²) in [5, 5.41) is 6.56. The molecule has 0 unspecified atom stereocenters. The third-order valence-corrected chi connectivity index (χ3v) is 6.94. The van der Waals surface area contributed by atoms with Crippen molar-refractivity contribution < 1.29 is 22.1 Å². The molecule has 11 heteroatoms. The zero-order valence-electron chi connectivity index (χ0n) is 17.4. The maximum Gasteiger partial charge on any atom is 0.324 e. The lowest BCUT2D eigenvalue weighted by Gasteiger charge is -2.32. The zero-order chi connectivity index (χ0) is 22.7. The molecule has 1 N–H and O–H groups in total. The van der Waals surface area contributed by atoms with Crippen LogP contribution in [0.3, 0.4) is 0 Å². The first-order valence-corrected chi connectivity index (χ1v) is 11.4. The second-order valence-electron chi connectivity index (χ2n) is 7.40. The standard InChI is InChI=1S/C21H22FN5O4S/c1-15(28)23-18-5-7-19(8-6-18)32(29,30)27-11-9-26(10-12-27)21-24-20(25-31-21)14-16-3-2-4-17(22)13-16/h2-8,13H,9-12,14H2,1H3,(H,23,28). The van der Waals surface area contributed by atoms with Gasteiger partial charge in [0.2, 0.25) is 15.9 Å². The van der Waals surface area contributed by atoms with Crippen LogP contribution in [0.4, 0.5) is 16.1 Å². The molecule has 1 saturated heterocycles. The molecule has 3 aromatic rings. The fourth-order valence-corrected chi connectivity index (χ4v) is 4.88. The van der Waals surface area contributed by atoms with Gasteiger partial charge in [0, 0.05) is 45.2 Å². The van der Waals surface area contributed by atoms with Gasteiger partial charge in [-0.15, -0.1) is 0 Å². The Balaban J connectivity index is 1.37. The number of nitrogens with one attached hydrogen (secondary N) is 1. The molecule has 4 rings (SSSR count). The average molecular weight is 460 g/mol. The summed E-state index contributed by atoms with van der Waals surface area (Å²) in [5.74, 6) is -0.120. The van der Waals surface area contributed by atoms with E-state index in [2.05, 4.69) is 15.5 Å². The highest BCUT2D eigenvalue weighted by atomic mass is 32.2. The molecule has 1 aliphatic rings. The van der Waals surface area contributed by atoms with Crippen molar-refractivity contribution in [3.05, 3.63) is 65.7 Å². The van der Waals surface area contributed by atoms with Gasteiger partial charge >= 0.3 is 6.01 Å². The molecule has 0 radical (unpaired) electrons. The Labute approximate surface area is 184 Å². The van der Waals surface area contributed by atoms with Crippen molar-refractivity contribution in [3.63, 3.8) is 0 Å². The van der Waals surface area contributed by atoms with Gasteiger partial charge in [0.15, 0.2) is 5.82 Å². The van der Waals surface area contributed by atoms with E-state index < -0.39 is 10.0 Å². The van der Waals surface area contributed by atoms with Crippen LogP contribution in [0, 0.1) is 5.82 Å². The van der Waals surface area contributed by atoms with Gasteiger partial charge < -0.3 is 14.7 Å². The topological polar surface area (TPSA) is 109 Å². The van der Waals surface area contributed by atoms with E-state index in [1.54, 1.807) is 24.3 Å². The summed E-state index contributed by atoms with van der Waals surface area (Å²) in [5.41, 5.74) is 1.27. The maximum absolute atomic E-state index is 13.3. The fourth-order valence-electron chi connectivity index (χ4n) is 3.46. The lowest BCUT2D eigenvalue weighted by atomic mass is 10.1. The first kappa shape index (κ1) is 21.9. The Morgan fingerprint density at radius 3 is 2.50 bits per heavy atom. The van der Waals surface area contributed by atoms with Crippen molar-refractivity contribution in [1.82, 2.24) is 14.4 Å². The predicted molar refractivity (Wildman–Crippen MR) is 115 cm³/mol. The molecule has 2 heterocycles. The lowest BCUT2D eigenvalue weighted by Crippen LogP contribution is -2.48. The SMILES string of the molecule is CC(=O)Nc1ccc(S(=O)(=O)N2CCN(c3nc(Cc4cccc(F)c4)no3)CC2)cc1. The first-order valence-electron chi connectivity index (χ1n) is 10.0. The molecule has 0 saturated carbocycles. The normalized spacial score (nSPS) is 15.0. The van der Waals surface area contributed by atoms with Crippen LogP contribution in [0.5, 0.6) is 0 Å². The number of carbonyl (C=O) groups is 1. The number of amides is 1. The number of anilines is 2. The third-order valence-electron chi connectivity index (χ3n) is 5.03. The van der Waals surface area contributed by atoms with Crippen molar-refractivity contribution >= 4 is 27.6 Å². The largest absolute Gasteiger partial charge is 0.326 e. The van der Waals surface area contributed by atoms with E-state index in [9.17, 15) is 17.6 Å². The molecule has 1 fully saturated rings. The van der Waals surface area contributed by atoms with E-state index in [1.807, 2.05) is 4.90 Å². The van der Waals surface area contributed by atoms with E-state index in [4.69, 9.17) is 4.52 Å². The minimum Gasteiger partial charge on any atom is -0.326 e. The van der Waals surface area contributed by atoms with Crippen LogP contribution < -0.4 is 10.2 Å². The Bertz CT molecular complexity index is 1200. The maximum atomic E-state index is 13.3. The van der Waals surface area contributed by atoms with Crippen LogP contribution >= 0.6 is 0 Å². The molecule has 0 aliphatic carbocycles. The number of hydrogen-bond donors (Lipinski definition) is 1. The number of halogens is 1. The molecule has 2 aromatic carbocycles. The van der Waals surface area contributed by atoms with Crippen LogP contribution in [0.1, 0.15) is 18.3 Å². The monoisotopic (exact) mass is 459 g/mol. The summed E-state index contributed by atoms with van der Waals surface area (Å²) in [6.07, 6.45) is 0.337.